The highest BCUT2D eigenvalue weighted by atomic mass is 31.2. The third-order valence-electron chi connectivity index (χ3n) is 6.00. The quantitative estimate of drug-likeness (QED) is 0.202. The number of nitrogens with two attached hydrogens (primary N) is 1. The number of nitrogens with zero attached hydrogens (tertiary/aromatic N) is 4. The first kappa shape index (κ1) is 26.6. The number of esters is 1. The average Bonchev–Trinajstić information content (AvgIpc) is 3.50. The lowest BCUT2D eigenvalue weighted by Gasteiger charge is -2.24. The fourth-order valence-electron chi connectivity index (χ4n) is 4.24. The fraction of sp³-hybridized carbons (Fsp3) is 0.417. The number of anilines is 2. The van der Waals surface area contributed by atoms with Crippen molar-refractivity contribution in [2.24, 2.45) is 5.92 Å². The predicted octanol–water partition coefficient (Wildman–Crippen LogP) is 2.55. The SMILES string of the molecule is C#C[C@H]1C[C@@H](COP(=O)(Cc2ccccc2)N[C@H](C)C(=O)OC)O[C@H]1n1cnc2c(NC)nc(N)nc21. The molecule has 12 nitrogen and oxygen atoms in total. The number of imidazole rings is 1. The molecule has 13 heteroatoms. The zero-order valence-electron chi connectivity index (χ0n) is 20.8. The van der Waals surface area contributed by atoms with Gasteiger partial charge in [0.2, 0.25) is 5.95 Å². The van der Waals surface area contributed by atoms with Gasteiger partial charge in [0.1, 0.15) is 6.04 Å². The molecule has 1 aliphatic rings. The van der Waals surface area contributed by atoms with E-state index in [2.05, 4.69) is 31.3 Å². The molecule has 0 spiro atoms. The van der Waals surface area contributed by atoms with Gasteiger partial charge in [0, 0.05) is 7.05 Å². The number of nitrogens with one attached hydrogen (secondary N) is 2. The fourth-order valence-corrected chi connectivity index (χ4v) is 6.29. The maximum atomic E-state index is 13.8. The maximum absolute atomic E-state index is 13.8. The smallest absolute Gasteiger partial charge is 0.323 e. The first-order chi connectivity index (χ1) is 17.8. The largest absolute Gasteiger partial charge is 0.468 e. The molecule has 2 aromatic heterocycles. The standard InChI is InChI=1S/C24H30N7O5P/c1-5-17-11-18(36-22(17)31-14-27-19-20(26-3)28-24(25)29-21(19)31)12-35-37(33,30-15(2)23(32)34-4)13-16-9-7-6-8-10-16/h1,6-10,14-15,17-18,22H,11-13H2,2-4H3,(H,30,33)(H3,25,26,28,29)/t15-,17+,18+,22-,37?/m1/s1. The number of methoxy groups -OCH3 is 1. The molecule has 0 radical (unpaired) electrons. The van der Waals surface area contributed by atoms with Crippen LogP contribution in [-0.4, -0.2) is 58.4 Å². The number of terminal acetylenes is 1. The monoisotopic (exact) mass is 527 g/mol. The molecule has 37 heavy (non-hydrogen) atoms. The number of ether oxygens (including phenoxy) is 2. The van der Waals surface area contributed by atoms with Gasteiger partial charge in [-0.2, -0.15) is 9.97 Å². The summed E-state index contributed by atoms with van der Waals surface area (Å²) >= 11 is 0. The summed E-state index contributed by atoms with van der Waals surface area (Å²) < 4.78 is 32.5. The third kappa shape index (κ3) is 5.92. The van der Waals surface area contributed by atoms with Gasteiger partial charge in [0.05, 0.1) is 38.2 Å². The van der Waals surface area contributed by atoms with E-state index in [1.165, 1.54) is 7.11 Å². The molecular formula is C24H30N7O5P. The first-order valence-electron chi connectivity index (χ1n) is 11.7. The van der Waals surface area contributed by atoms with Crippen LogP contribution in [-0.2, 0) is 29.5 Å². The van der Waals surface area contributed by atoms with Crippen LogP contribution in [0.5, 0.6) is 0 Å². The number of hydrogen-bond donors (Lipinski definition) is 3. The van der Waals surface area contributed by atoms with Crippen molar-refractivity contribution in [3.63, 3.8) is 0 Å². The van der Waals surface area contributed by atoms with Crippen LogP contribution in [0.4, 0.5) is 11.8 Å². The van der Waals surface area contributed by atoms with Crippen LogP contribution in [0.1, 0.15) is 25.1 Å². The van der Waals surface area contributed by atoms with E-state index in [0.29, 0.717) is 23.4 Å². The second-order valence-electron chi connectivity index (χ2n) is 8.65. The number of nitrogen functional groups attached to an aromatic ring is 1. The van der Waals surface area contributed by atoms with E-state index in [0.717, 1.165) is 5.56 Å². The molecule has 0 aliphatic carbocycles. The summed E-state index contributed by atoms with van der Waals surface area (Å²) in [5.41, 5.74) is 7.68. The lowest BCUT2D eigenvalue weighted by atomic mass is 10.0. The van der Waals surface area contributed by atoms with Crippen molar-refractivity contribution in [3.8, 4) is 12.3 Å². The zero-order chi connectivity index (χ0) is 26.6. The van der Waals surface area contributed by atoms with Crippen LogP contribution in [0.15, 0.2) is 36.7 Å². The Morgan fingerprint density at radius 3 is 2.81 bits per heavy atom. The van der Waals surface area contributed by atoms with E-state index in [4.69, 9.17) is 26.2 Å². The topological polar surface area (TPSA) is 156 Å². The van der Waals surface area contributed by atoms with Crippen molar-refractivity contribution < 1.29 is 23.4 Å². The Morgan fingerprint density at radius 2 is 2.14 bits per heavy atom. The first-order valence-corrected chi connectivity index (χ1v) is 13.5. The highest BCUT2D eigenvalue weighted by Gasteiger charge is 2.39. The molecule has 0 bridgehead atoms. The van der Waals surface area contributed by atoms with Crippen LogP contribution in [0.3, 0.4) is 0 Å². The Balaban J connectivity index is 1.52. The van der Waals surface area contributed by atoms with E-state index in [-0.39, 0.29) is 24.6 Å². The van der Waals surface area contributed by atoms with Gasteiger partial charge in [0.15, 0.2) is 23.2 Å². The van der Waals surface area contributed by atoms with E-state index in [1.54, 1.807) is 24.9 Å². The molecule has 1 fully saturated rings. The molecule has 3 aromatic rings. The minimum absolute atomic E-state index is 0.00873. The van der Waals surface area contributed by atoms with Crippen LogP contribution in [0.25, 0.3) is 11.2 Å². The number of hydrogen-bond acceptors (Lipinski definition) is 10. The summed E-state index contributed by atoms with van der Waals surface area (Å²) in [5.74, 6) is 2.47. The van der Waals surface area contributed by atoms with E-state index < -0.39 is 31.9 Å². The van der Waals surface area contributed by atoms with Gasteiger partial charge in [-0.3, -0.25) is 13.9 Å². The van der Waals surface area contributed by atoms with Crippen LogP contribution in [0.2, 0.25) is 0 Å². The van der Waals surface area contributed by atoms with Crippen molar-refractivity contribution >= 4 is 36.4 Å². The Kier molecular flexibility index (Phi) is 8.10. The molecule has 1 aromatic carbocycles. The van der Waals surface area contributed by atoms with Gasteiger partial charge in [-0.15, -0.1) is 6.42 Å². The maximum Gasteiger partial charge on any atom is 0.323 e. The normalized spacial score (nSPS) is 21.7. The zero-order valence-corrected chi connectivity index (χ0v) is 21.7. The summed E-state index contributed by atoms with van der Waals surface area (Å²) in [4.78, 5) is 24.9. The van der Waals surface area contributed by atoms with E-state index in [1.807, 2.05) is 30.3 Å². The average molecular weight is 528 g/mol. The Labute approximate surface area is 214 Å². The van der Waals surface area contributed by atoms with Gasteiger partial charge >= 0.3 is 5.97 Å². The van der Waals surface area contributed by atoms with Crippen molar-refractivity contribution in [1.82, 2.24) is 24.6 Å². The lowest BCUT2D eigenvalue weighted by Crippen LogP contribution is -2.34. The third-order valence-corrected chi connectivity index (χ3v) is 8.13. The Morgan fingerprint density at radius 1 is 1.38 bits per heavy atom. The molecule has 0 saturated carbocycles. The summed E-state index contributed by atoms with van der Waals surface area (Å²) in [7, 11) is -0.542. The van der Waals surface area contributed by atoms with Crippen molar-refractivity contribution in [1.29, 1.82) is 0 Å². The Hall–Kier alpha value is -3.49. The predicted molar refractivity (Wildman–Crippen MR) is 138 cm³/mol. The van der Waals surface area contributed by atoms with Gasteiger partial charge in [-0.25, -0.2) is 10.1 Å². The van der Waals surface area contributed by atoms with Crippen LogP contribution in [0, 0.1) is 18.3 Å². The number of carbonyl (C=O) groups is 1. The minimum Gasteiger partial charge on any atom is -0.468 e. The summed E-state index contributed by atoms with van der Waals surface area (Å²) in [5, 5.41) is 5.79. The summed E-state index contributed by atoms with van der Waals surface area (Å²) in [6, 6.07) is 8.40. The molecule has 4 rings (SSSR count). The van der Waals surface area contributed by atoms with Crippen molar-refractivity contribution in [3.05, 3.63) is 42.2 Å². The number of aromatic nitrogens is 4. The molecule has 4 N–H and O–H groups in total. The molecule has 1 saturated heterocycles. The van der Waals surface area contributed by atoms with Gasteiger partial charge in [-0.1, -0.05) is 36.3 Å². The van der Waals surface area contributed by atoms with Crippen molar-refractivity contribution in [2.45, 2.75) is 37.9 Å². The van der Waals surface area contributed by atoms with Gasteiger partial charge in [-0.05, 0) is 18.9 Å². The second-order valence-corrected chi connectivity index (χ2v) is 10.8. The summed E-state index contributed by atoms with van der Waals surface area (Å²) in [6.07, 6.45) is 6.90. The number of benzene rings is 1. The molecule has 0 amide bonds. The van der Waals surface area contributed by atoms with Gasteiger partial charge in [0.25, 0.3) is 7.52 Å². The second kappa shape index (κ2) is 11.3. The van der Waals surface area contributed by atoms with Crippen LogP contribution >= 0.6 is 7.52 Å². The molecule has 1 unspecified atom stereocenters. The molecule has 196 valence electrons. The summed E-state index contributed by atoms with van der Waals surface area (Å²) in [6.45, 7) is 1.56. The highest BCUT2D eigenvalue weighted by Crippen LogP contribution is 2.48. The minimum atomic E-state index is -3.53. The van der Waals surface area contributed by atoms with E-state index >= 15 is 0 Å². The van der Waals surface area contributed by atoms with Crippen molar-refractivity contribution in [2.75, 3.05) is 31.8 Å². The lowest BCUT2D eigenvalue weighted by molar-refractivity contribution is -0.142. The molecular weight excluding hydrogens is 497 g/mol. The molecule has 3 heterocycles. The highest BCUT2D eigenvalue weighted by molar-refractivity contribution is 7.56. The van der Waals surface area contributed by atoms with Crippen LogP contribution < -0.4 is 16.1 Å². The number of rotatable bonds is 10. The molecule has 5 atom stereocenters. The number of fused-ring (bicyclic) bond motifs is 1. The molecule has 1 aliphatic heterocycles. The number of carbonyl (C=O) groups excluding carboxylic acids is 1. The van der Waals surface area contributed by atoms with Gasteiger partial charge < -0.3 is 25.0 Å². The Bertz CT molecular complexity index is 1340. The van der Waals surface area contributed by atoms with E-state index in [9.17, 15) is 9.36 Å².